The van der Waals surface area contributed by atoms with E-state index in [1.807, 2.05) is 23.2 Å². The second-order valence-electron chi connectivity index (χ2n) is 11.3. The second-order valence-corrected chi connectivity index (χ2v) is 11.3. The van der Waals surface area contributed by atoms with E-state index in [2.05, 4.69) is 47.1 Å². The van der Waals surface area contributed by atoms with Gasteiger partial charge in [0, 0.05) is 59.8 Å². The highest BCUT2D eigenvalue weighted by Gasteiger charge is 2.49. The number of hydrogen-bond donors (Lipinski definition) is 1. The van der Waals surface area contributed by atoms with E-state index < -0.39 is 0 Å². The van der Waals surface area contributed by atoms with Crippen LogP contribution in [0.2, 0.25) is 0 Å². The summed E-state index contributed by atoms with van der Waals surface area (Å²) in [4.78, 5) is 20.9. The van der Waals surface area contributed by atoms with Crippen molar-refractivity contribution >= 4 is 16.8 Å². The van der Waals surface area contributed by atoms with Crippen molar-refractivity contribution in [2.24, 2.45) is 11.3 Å². The van der Waals surface area contributed by atoms with Crippen molar-refractivity contribution in [2.45, 2.75) is 45.2 Å². The third-order valence-corrected chi connectivity index (χ3v) is 9.07. The van der Waals surface area contributed by atoms with E-state index in [0.29, 0.717) is 26.3 Å². The highest BCUT2D eigenvalue weighted by atomic mass is 16.5. The van der Waals surface area contributed by atoms with Crippen molar-refractivity contribution in [1.82, 2.24) is 14.8 Å². The predicted molar refractivity (Wildman–Crippen MR) is 146 cm³/mol. The Morgan fingerprint density at radius 3 is 2.63 bits per heavy atom. The maximum absolute atomic E-state index is 13.0. The van der Waals surface area contributed by atoms with Gasteiger partial charge in [-0.05, 0) is 80.0 Å². The second kappa shape index (κ2) is 10.1. The summed E-state index contributed by atoms with van der Waals surface area (Å²) in [5.74, 6) is 1.19. The molecule has 0 radical (unpaired) electrons. The molecule has 2 aromatic carbocycles. The summed E-state index contributed by atoms with van der Waals surface area (Å²) >= 11 is 0. The van der Waals surface area contributed by atoms with E-state index in [0.717, 1.165) is 55.6 Å². The molecule has 1 unspecified atom stereocenters. The molecule has 7 heteroatoms. The third kappa shape index (κ3) is 4.46. The monoisotopic (exact) mass is 512 g/mol. The maximum Gasteiger partial charge on any atom is 0.254 e. The number of likely N-dealkylation sites (tertiary alicyclic amines) is 1. The third-order valence-electron chi connectivity index (χ3n) is 9.07. The molecule has 1 spiro atoms. The number of hydrogen-bond acceptors (Lipinski definition) is 5. The number of rotatable bonds is 5. The number of ether oxygens (including phenoxy) is 2. The van der Waals surface area contributed by atoms with E-state index in [4.69, 9.17) is 9.47 Å². The Morgan fingerprint density at radius 1 is 1.16 bits per heavy atom. The average Bonchev–Trinajstić information content (AvgIpc) is 3.44. The van der Waals surface area contributed by atoms with Crippen molar-refractivity contribution in [3.63, 3.8) is 0 Å². The largest absolute Gasteiger partial charge is 0.496 e. The molecule has 1 saturated carbocycles. The molecule has 3 heterocycles. The first-order valence-electron chi connectivity index (χ1n) is 13.7. The van der Waals surface area contributed by atoms with Crippen molar-refractivity contribution in [3.8, 4) is 11.8 Å². The van der Waals surface area contributed by atoms with Crippen LogP contribution in [-0.4, -0.2) is 60.6 Å². The molecule has 3 aliphatic rings. The summed E-state index contributed by atoms with van der Waals surface area (Å²) in [5, 5.41) is 10.7. The van der Waals surface area contributed by atoms with Gasteiger partial charge in [0.1, 0.15) is 5.75 Å². The van der Waals surface area contributed by atoms with E-state index in [9.17, 15) is 10.1 Å². The molecule has 1 aliphatic carbocycles. The molecule has 2 aliphatic heterocycles. The topological polar surface area (TPSA) is 81.6 Å². The van der Waals surface area contributed by atoms with Gasteiger partial charge in [0.15, 0.2) is 0 Å². The number of fused-ring (bicyclic) bond motifs is 1. The number of aryl methyl sites for hydroxylation is 1. The summed E-state index contributed by atoms with van der Waals surface area (Å²) in [7, 11) is 1.75. The smallest absolute Gasteiger partial charge is 0.254 e. The minimum absolute atomic E-state index is 0.0758. The molecule has 2 saturated heterocycles. The van der Waals surface area contributed by atoms with Crippen LogP contribution in [0.3, 0.4) is 0 Å². The molecule has 6 rings (SSSR count). The van der Waals surface area contributed by atoms with Crippen LogP contribution in [0.4, 0.5) is 0 Å². The molecule has 1 N–H and O–H groups in total. The lowest BCUT2D eigenvalue weighted by Gasteiger charge is -2.53. The average molecular weight is 513 g/mol. The Labute approximate surface area is 224 Å². The molecule has 38 heavy (non-hydrogen) atoms. The first-order valence-corrected chi connectivity index (χ1v) is 13.7. The number of benzene rings is 2. The van der Waals surface area contributed by atoms with Gasteiger partial charge >= 0.3 is 0 Å². The van der Waals surface area contributed by atoms with E-state index in [1.54, 1.807) is 7.11 Å². The molecule has 3 aromatic rings. The van der Waals surface area contributed by atoms with Crippen molar-refractivity contribution in [3.05, 3.63) is 64.8 Å². The fraction of sp³-hybridized carbons (Fsp3) is 0.484. The number of nitriles is 1. The zero-order chi connectivity index (χ0) is 26.3. The van der Waals surface area contributed by atoms with Gasteiger partial charge in [-0.15, -0.1) is 0 Å². The summed E-state index contributed by atoms with van der Waals surface area (Å²) < 4.78 is 11.3. The van der Waals surface area contributed by atoms with Gasteiger partial charge in [0.25, 0.3) is 5.91 Å². The lowest BCUT2D eigenvalue weighted by Crippen LogP contribution is -2.48. The zero-order valence-electron chi connectivity index (χ0n) is 22.3. The number of aromatic nitrogens is 1. The summed E-state index contributed by atoms with van der Waals surface area (Å²) in [6.07, 6.45) is 6.14. The summed E-state index contributed by atoms with van der Waals surface area (Å²) in [6, 6.07) is 15.2. The van der Waals surface area contributed by atoms with Crippen LogP contribution in [-0.2, 0) is 11.3 Å². The molecular weight excluding hydrogens is 476 g/mol. The molecule has 7 nitrogen and oxygen atoms in total. The Balaban J connectivity index is 1.30. The van der Waals surface area contributed by atoms with Crippen LogP contribution in [0.25, 0.3) is 10.9 Å². The van der Waals surface area contributed by atoms with E-state index in [-0.39, 0.29) is 23.3 Å². The minimum Gasteiger partial charge on any atom is -0.496 e. The molecule has 1 aromatic heterocycles. The maximum atomic E-state index is 13.0. The number of H-pyrrole nitrogens is 1. The van der Waals surface area contributed by atoms with E-state index in [1.165, 1.54) is 22.1 Å². The number of nitrogens with one attached hydrogen (secondary N) is 1. The predicted octanol–water partition coefficient (Wildman–Crippen LogP) is 5.21. The normalized spacial score (nSPS) is 25.8. The van der Waals surface area contributed by atoms with Gasteiger partial charge in [0.2, 0.25) is 0 Å². The zero-order valence-corrected chi connectivity index (χ0v) is 22.3. The van der Waals surface area contributed by atoms with Gasteiger partial charge in [-0.1, -0.05) is 12.1 Å². The standard InChI is InChI=1S/C31H36N4O3/c1-21-15-28(37-2)26(25-7-9-33-29(21)25)20-35-10-8-31(16-22(17-31)19-32)18-27(35)23-3-5-24(6-4-23)30(36)34-11-13-38-14-12-34/h3-7,9,15,22,27,33H,8,10-14,16-18,20H2,1-2H3. The summed E-state index contributed by atoms with van der Waals surface area (Å²) in [5.41, 5.74) is 5.75. The van der Waals surface area contributed by atoms with Crippen LogP contribution in [0.5, 0.6) is 5.75 Å². The highest BCUT2D eigenvalue weighted by Crippen LogP contribution is 2.56. The fourth-order valence-electron chi connectivity index (χ4n) is 6.92. The quantitative estimate of drug-likeness (QED) is 0.507. The van der Waals surface area contributed by atoms with Crippen LogP contribution in [0, 0.1) is 29.6 Å². The molecule has 1 atom stereocenters. The summed E-state index contributed by atoms with van der Waals surface area (Å²) in [6.45, 7) is 6.36. The van der Waals surface area contributed by atoms with Crippen LogP contribution >= 0.6 is 0 Å². The van der Waals surface area contributed by atoms with Crippen molar-refractivity contribution in [1.29, 1.82) is 5.26 Å². The molecule has 0 bridgehead atoms. The van der Waals surface area contributed by atoms with Crippen LogP contribution in [0.15, 0.2) is 42.6 Å². The van der Waals surface area contributed by atoms with Crippen molar-refractivity contribution in [2.75, 3.05) is 40.0 Å². The number of amides is 1. The number of methoxy groups -OCH3 is 1. The first kappa shape index (κ1) is 25.0. The van der Waals surface area contributed by atoms with Gasteiger partial charge in [-0.25, -0.2) is 0 Å². The van der Waals surface area contributed by atoms with E-state index >= 15 is 0 Å². The van der Waals surface area contributed by atoms with Gasteiger partial charge < -0.3 is 19.4 Å². The lowest BCUT2D eigenvalue weighted by molar-refractivity contribution is -0.0298. The highest BCUT2D eigenvalue weighted by molar-refractivity contribution is 5.94. The number of piperidine rings is 1. The Kier molecular flexibility index (Phi) is 6.63. The fourth-order valence-corrected chi connectivity index (χ4v) is 6.92. The van der Waals surface area contributed by atoms with Crippen molar-refractivity contribution < 1.29 is 14.3 Å². The van der Waals surface area contributed by atoms with Crippen LogP contribution < -0.4 is 4.74 Å². The van der Waals surface area contributed by atoms with Gasteiger partial charge in [0.05, 0.1) is 26.4 Å². The molecule has 3 fully saturated rings. The van der Waals surface area contributed by atoms with Gasteiger partial charge in [-0.3, -0.25) is 9.69 Å². The van der Waals surface area contributed by atoms with Gasteiger partial charge in [-0.2, -0.15) is 5.26 Å². The number of carbonyl (C=O) groups is 1. The number of aromatic amines is 1. The number of carbonyl (C=O) groups excluding carboxylic acids is 1. The minimum atomic E-state index is 0.0758. The Morgan fingerprint density at radius 2 is 1.92 bits per heavy atom. The molecule has 198 valence electrons. The number of morpholine rings is 1. The molecule has 1 amide bonds. The lowest BCUT2D eigenvalue weighted by atomic mass is 9.56. The Hall–Kier alpha value is -3.34. The number of nitrogens with zero attached hydrogens (tertiary/aromatic N) is 3. The molecular formula is C31H36N4O3. The van der Waals surface area contributed by atoms with Crippen LogP contribution in [0.1, 0.15) is 58.8 Å². The SMILES string of the molecule is COc1cc(C)c2[nH]ccc2c1CN1CCC2(CC(C#N)C2)CC1c1ccc(C(=O)N2CCOCC2)cc1. The Bertz CT molecular complexity index is 1360. The first-order chi connectivity index (χ1) is 18.5.